The second-order valence-corrected chi connectivity index (χ2v) is 6.78. The zero-order valence-electron chi connectivity index (χ0n) is 12.3. The Morgan fingerprint density at radius 3 is 2.79 bits per heavy atom. The number of thiophene rings is 1. The lowest BCUT2D eigenvalue weighted by molar-refractivity contribution is 0.0347. The molecule has 0 aliphatic heterocycles. The van der Waals surface area contributed by atoms with Crippen LogP contribution in [0.25, 0.3) is 0 Å². The lowest BCUT2D eigenvalue weighted by atomic mass is 10.1. The van der Waals surface area contributed by atoms with E-state index in [1.165, 1.54) is 16.2 Å². The van der Waals surface area contributed by atoms with E-state index in [1.54, 1.807) is 11.3 Å². The van der Waals surface area contributed by atoms with E-state index in [1.807, 2.05) is 0 Å². The summed E-state index contributed by atoms with van der Waals surface area (Å²) in [4.78, 5) is 2.63. The van der Waals surface area contributed by atoms with Gasteiger partial charge in [0.25, 0.3) is 0 Å². The first-order chi connectivity index (χ1) is 9.08. The van der Waals surface area contributed by atoms with Crippen LogP contribution >= 0.6 is 11.3 Å². The molecule has 3 nitrogen and oxygen atoms in total. The molecule has 0 saturated heterocycles. The Morgan fingerprint density at radius 1 is 1.37 bits per heavy atom. The first-order valence-corrected chi connectivity index (χ1v) is 7.91. The van der Waals surface area contributed by atoms with Crippen molar-refractivity contribution < 1.29 is 9.84 Å². The van der Waals surface area contributed by atoms with Gasteiger partial charge in [-0.2, -0.15) is 0 Å². The first-order valence-electron chi connectivity index (χ1n) is 7.09. The van der Waals surface area contributed by atoms with Gasteiger partial charge in [0.05, 0.1) is 12.7 Å². The molecular weight excluding hydrogens is 258 g/mol. The van der Waals surface area contributed by atoms with Crippen LogP contribution in [-0.4, -0.2) is 31.0 Å². The summed E-state index contributed by atoms with van der Waals surface area (Å²) in [5.74, 6) is 0.726. The third kappa shape index (κ3) is 8.37. The average Bonchev–Trinajstić information content (AvgIpc) is 2.74. The number of hydrogen-bond acceptors (Lipinski definition) is 4. The van der Waals surface area contributed by atoms with E-state index < -0.39 is 6.10 Å². The topological polar surface area (TPSA) is 41.5 Å². The van der Waals surface area contributed by atoms with Crippen LogP contribution in [0.4, 0.5) is 0 Å². The number of ether oxygens (including phenoxy) is 1. The van der Waals surface area contributed by atoms with Gasteiger partial charge in [-0.3, -0.25) is 0 Å². The number of aliphatic hydroxyl groups excluding tert-OH is 1. The van der Waals surface area contributed by atoms with Gasteiger partial charge in [-0.1, -0.05) is 13.8 Å². The van der Waals surface area contributed by atoms with Crippen molar-refractivity contribution in [2.24, 2.45) is 5.92 Å². The van der Waals surface area contributed by atoms with Gasteiger partial charge in [0.15, 0.2) is 0 Å². The number of aryl methyl sites for hydroxylation is 1. The summed E-state index contributed by atoms with van der Waals surface area (Å²) in [7, 11) is 0. The Labute approximate surface area is 121 Å². The van der Waals surface area contributed by atoms with Gasteiger partial charge >= 0.3 is 0 Å². The average molecular weight is 285 g/mol. The highest BCUT2D eigenvalue weighted by molar-refractivity contribution is 7.11. The molecule has 0 spiro atoms. The molecule has 4 heteroatoms. The molecular formula is C15H27NO2S. The smallest absolute Gasteiger partial charge is 0.0897 e. The van der Waals surface area contributed by atoms with Crippen LogP contribution in [-0.2, 0) is 11.3 Å². The fourth-order valence-corrected chi connectivity index (χ4v) is 2.67. The maximum absolute atomic E-state index is 9.76. The summed E-state index contributed by atoms with van der Waals surface area (Å²) < 4.78 is 5.47. The molecule has 1 atom stereocenters. The highest BCUT2D eigenvalue weighted by Crippen LogP contribution is 2.14. The summed E-state index contributed by atoms with van der Waals surface area (Å²) in [6, 6.07) is 4.25. The van der Waals surface area contributed by atoms with Gasteiger partial charge < -0.3 is 15.2 Å². The molecule has 1 unspecified atom stereocenters. The lowest BCUT2D eigenvalue weighted by Crippen LogP contribution is -2.30. The summed E-state index contributed by atoms with van der Waals surface area (Å²) in [5, 5.41) is 13.0. The molecule has 2 N–H and O–H groups in total. The standard InChI is InChI=1S/C15H27NO2S/c1-12(2)5-4-8-18-11-14(17)9-16-10-15-7-6-13(3)19-15/h6-7,12,14,16-17H,4-5,8-11H2,1-3H3. The normalized spacial score (nSPS) is 13.1. The van der Waals surface area contributed by atoms with Crippen molar-refractivity contribution >= 4 is 11.3 Å². The van der Waals surface area contributed by atoms with E-state index in [2.05, 4.69) is 38.2 Å². The molecule has 1 heterocycles. The predicted molar refractivity (Wildman–Crippen MR) is 81.7 cm³/mol. The van der Waals surface area contributed by atoms with Crippen molar-refractivity contribution in [1.82, 2.24) is 5.32 Å². The molecule has 0 saturated carbocycles. The van der Waals surface area contributed by atoms with Crippen LogP contribution in [0, 0.1) is 12.8 Å². The fraction of sp³-hybridized carbons (Fsp3) is 0.733. The maximum Gasteiger partial charge on any atom is 0.0897 e. The molecule has 1 aromatic heterocycles. The molecule has 0 aromatic carbocycles. The summed E-state index contributed by atoms with van der Waals surface area (Å²) in [6.45, 7) is 9.11. The van der Waals surface area contributed by atoms with Gasteiger partial charge in [-0.05, 0) is 37.8 Å². The Morgan fingerprint density at radius 2 is 2.16 bits per heavy atom. The van der Waals surface area contributed by atoms with Crippen LogP contribution in [0.3, 0.4) is 0 Å². The van der Waals surface area contributed by atoms with Crippen LogP contribution < -0.4 is 5.32 Å². The highest BCUT2D eigenvalue weighted by atomic mass is 32.1. The fourth-order valence-electron chi connectivity index (χ4n) is 1.81. The minimum absolute atomic E-state index is 0.417. The van der Waals surface area contributed by atoms with Gasteiger partial charge in [0, 0.05) is 29.5 Å². The van der Waals surface area contributed by atoms with Gasteiger partial charge in [0.2, 0.25) is 0 Å². The minimum atomic E-state index is -0.417. The van der Waals surface area contributed by atoms with E-state index >= 15 is 0 Å². The minimum Gasteiger partial charge on any atom is -0.389 e. The summed E-state index contributed by atoms with van der Waals surface area (Å²) >= 11 is 1.79. The Balaban J connectivity index is 1.97. The van der Waals surface area contributed by atoms with Crippen molar-refractivity contribution in [2.45, 2.75) is 46.3 Å². The molecule has 0 aliphatic rings. The Hall–Kier alpha value is -0.420. The zero-order chi connectivity index (χ0) is 14.1. The van der Waals surface area contributed by atoms with Crippen LogP contribution in [0.15, 0.2) is 12.1 Å². The molecule has 0 fully saturated rings. The quantitative estimate of drug-likeness (QED) is 0.649. The van der Waals surface area contributed by atoms with E-state index in [-0.39, 0.29) is 0 Å². The number of rotatable bonds is 10. The monoisotopic (exact) mass is 285 g/mol. The second-order valence-electron chi connectivity index (χ2n) is 5.41. The molecule has 1 aromatic rings. The third-order valence-electron chi connectivity index (χ3n) is 2.86. The highest BCUT2D eigenvalue weighted by Gasteiger charge is 2.04. The SMILES string of the molecule is Cc1ccc(CNCC(O)COCCCC(C)C)s1. The predicted octanol–water partition coefficient (Wildman–Crippen LogP) is 2.96. The first kappa shape index (κ1) is 16.6. The Kier molecular flexibility index (Phi) is 8.30. The van der Waals surface area contributed by atoms with Gasteiger partial charge in [-0.15, -0.1) is 11.3 Å². The number of aliphatic hydroxyl groups is 1. The lowest BCUT2D eigenvalue weighted by Gasteiger charge is -2.12. The van der Waals surface area contributed by atoms with Crippen LogP contribution in [0.2, 0.25) is 0 Å². The largest absolute Gasteiger partial charge is 0.389 e. The molecule has 1 rings (SSSR count). The molecule has 0 aliphatic carbocycles. The van der Waals surface area contributed by atoms with Crippen molar-refractivity contribution in [1.29, 1.82) is 0 Å². The van der Waals surface area contributed by atoms with Crippen molar-refractivity contribution in [3.05, 3.63) is 21.9 Å². The van der Waals surface area contributed by atoms with Gasteiger partial charge in [0.1, 0.15) is 0 Å². The zero-order valence-corrected chi connectivity index (χ0v) is 13.1. The third-order valence-corrected chi connectivity index (χ3v) is 3.86. The maximum atomic E-state index is 9.76. The summed E-state index contributed by atoms with van der Waals surface area (Å²) in [6.07, 6.45) is 1.85. The van der Waals surface area contributed by atoms with E-state index in [4.69, 9.17) is 4.74 Å². The van der Waals surface area contributed by atoms with Crippen molar-refractivity contribution in [3.8, 4) is 0 Å². The summed E-state index contributed by atoms with van der Waals surface area (Å²) in [5.41, 5.74) is 0. The second kappa shape index (κ2) is 9.48. The molecule has 0 amide bonds. The number of nitrogens with one attached hydrogen (secondary N) is 1. The van der Waals surface area contributed by atoms with Crippen molar-refractivity contribution in [2.75, 3.05) is 19.8 Å². The van der Waals surface area contributed by atoms with Crippen LogP contribution in [0.5, 0.6) is 0 Å². The molecule has 0 bridgehead atoms. The van der Waals surface area contributed by atoms with E-state index in [0.717, 1.165) is 25.5 Å². The van der Waals surface area contributed by atoms with Crippen molar-refractivity contribution in [3.63, 3.8) is 0 Å². The van der Waals surface area contributed by atoms with E-state index in [0.29, 0.717) is 13.2 Å². The van der Waals surface area contributed by atoms with Crippen LogP contribution in [0.1, 0.15) is 36.4 Å². The Bertz CT molecular complexity index is 339. The number of hydrogen-bond donors (Lipinski definition) is 2. The molecule has 110 valence electrons. The van der Waals surface area contributed by atoms with E-state index in [9.17, 15) is 5.11 Å². The van der Waals surface area contributed by atoms with Gasteiger partial charge in [-0.25, -0.2) is 0 Å². The molecule has 0 radical (unpaired) electrons. The molecule has 19 heavy (non-hydrogen) atoms.